The minimum atomic E-state index is -0.574. The number of esters is 1. The highest BCUT2D eigenvalue weighted by molar-refractivity contribution is 6.34. The highest BCUT2D eigenvalue weighted by Gasteiger charge is 2.06. The van der Waals surface area contributed by atoms with E-state index in [-0.39, 0.29) is 5.78 Å². The molecule has 0 bridgehead atoms. The molecule has 0 saturated heterocycles. The first-order chi connectivity index (χ1) is 7.15. The fourth-order valence-corrected chi connectivity index (χ4v) is 1.19. The third-order valence-corrected chi connectivity index (χ3v) is 2.04. The number of benzene rings is 1. The summed E-state index contributed by atoms with van der Waals surface area (Å²) in [4.78, 5) is 22.2. The van der Waals surface area contributed by atoms with Gasteiger partial charge in [-0.3, -0.25) is 4.79 Å². The van der Waals surface area contributed by atoms with Crippen molar-refractivity contribution >= 4 is 23.4 Å². The van der Waals surface area contributed by atoms with Gasteiger partial charge in [0, 0.05) is 11.6 Å². The molecule has 0 aliphatic heterocycles. The molecule has 0 saturated carbocycles. The lowest BCUT2D eigenvalue weighted by atomic mass is 10.1. The number of ketones is 1. The largest absolute Gasteiger partial charge is 0.466 e. The summed E-state index contributed by atoms with van der Waals surface area (Å²) in [6.45, 7) is 0. The lowest BCUT2D eigenvalue weighted by Crippen LogP contribution is -1.99. The van der Waals surface area contributed by atoms with Crippen LogP contribution >= 0.6 is 11.6 Å². The number of methoxy groups -OCH3 is 1. The smallest absolute Gasteiger partial charge is 0.330 e. The maximum absolute atomic E-state index is 11.5. The Morgan fingerprint density at radius 2 is 1.93 bits per heavy atom. The monoisotopic (exact) mass is 224 g/mol. The highest BCUT2D eigenvalue weighted by atomic mass is 35.5. The number of hydrogen-bond acceptors (Lipinski definition) is 3. The van der Waals surface area contributed by atoms with Gasteiger partial charge in [-0.1, -0.05) is 23.7 Å². The van der Waals surface area contributed by atoms with Crippen LogP contribution in [0.5, 0.6) is 0 Å². The molecule has 0 aliphatic rings. The van der Waals surface area contributed by atoms with Crippen LogP contribution in [0.25, 0.3) is 0 Å². The Kier molecular flexibility index (Phi) is 4.06. The molecule has 1 aromatic carbocycles. The van der Waals surface area contributed by atoms with Gasteiger partial charge >= 0.3 is 5.97 Å². The molecule has 0 radical (unpaired) electrons. The Morgan fingerprint density at radius 1 is 1.27 bits per heavy atom. The Labute approximate surface area is 92.3 Å². The van der Waals surface area contributed by atoms with Crippen molar-refractivity contribution in [3.8, 4) is 0 Å². The van der Waals surface area contributed by atoms with E-state index in [1.54, 1.807) is 24.3 Å². The molecule has 1 aromatic rings. The molecule has 78 valence electrons. The van der Waals surface area contributed by atoms with Crippen LogP contribution in [0.4, 0.5) is 0 Å². The van der Waals surface area contributed by atoms with Crippen molar-refractivity contribution in [2.45, 2.75) is 0 Å². The molecule has 0 atom stereocenters. The van der Waals surface area contributed by atoms with Gasteiger partial charge in [0.05, 0.1) is 12.1 Å². The summed E-state index contributed by atoms with van der Waals surface area (Å²) in [5.74, 6) is -0.901. The molecule has 0 amide bonds. The van der Waals surface area contributed by atoms with Crippen molar-refractivity contribution < 1.29 is 14.3 Å². The van der Waals surface area contributed by atoms with Crippen LogP contribution in [-0.4, -0.2) is 18.9 Å². The van der Waals surface area contributed by atoms with Gasteiger partial charge in [-0.05, 0) is 18.2 Å². The Balaban J connectivity index is 2.83. The van der Waals surface area contributed by atoms with Crippen molar-refractivity contribution in [1.82, 2.24) is 0 Å². The molecular formula is C11H9ClO3. The Morgan fingerprint density at radius 3 is 2.53 bits per heavy atom. The predicted octanol–water partition coefficient (Wildman–Crippen LogP) is 2.25. The fourth-order valence-electron chi connectivity index (χ4n) is 0.963. The first-order valence-corrected chi connectivity index (χ1v) is 4.58. The molecule has 0 heterocycles. The normalized spacial score (nSPS) is 10.3. The van der Waals surface area contributed by atoms with Gasteiger partial charge in [0.25, 0.3) is 0 Å². The summed E-state index contributed by atoms with van der Waals surface area (Å²) in [5, 5.41) is 0.358. The predicted molar refractivity (Wildman–Crippen MR) is 56.9 cm³/mol. The zero-order valence-electron chi connectivity index (χ0n) is 8.07. The van der Waals surface area contributed by atoms with E-state index >= 15 is 0 Å². The summed E-state index contributed by atoms with van der Waals surface area (Å²) in [6, 6.07) is 6.63. The van der Waals surface area contributed by atoms with Crippen molar-refractivity contribution in [3.05, 3.63) is 47.0 Å². The molecule has 0 fully saturated rings. The van der Waals surface area contributed by atoms with Crippen molar-refractivity contribution in [1.29, 1.82) is 0 Å². The molecule has 0 aromatic heterocycles. The van der Waals surface area contributed by atoms with Gasteiger partial charge < -0.3 is 4.74 Å². The van der Waals surface area contributed by atoms with Crippen molar-refractivity contribution in [2.75, 3.05) is 7.11 Å². The number of rotatable bonds is 3. The highest BCUT2D eigenvalue weighted by Crippen LogP contribution is 2.15. The molecular weight excluding hydrogens is 216 g/mol. The van der Waals surface area contributed by atoms with E-state index in [4.69, 9.17) is 11.6 Å². The van der Waals surface area contributed by atoms with E-state index < -0.39 is 5.97 Å². The molecule has 1 rings (SSSR count). The molecule has 0 aliphatic carbocycles. The van der Waals surface area contributed by atoms with Gasteiger partial charge in [0.2, 0.25) is 0 Å². The number of carbonyl (C=O) groups excluding carboxylic acids is 2. The number of halogens is 1. The maximum atomic E-state index is 11.5. The molecule has 0 unspecified atom stereocenters. The minimum Gasteiger partial charge on any atom is -0.466 e. The molecule has 4 heteroatoms. The molecule has 15 heavy (non-hydrogen) atoms. The standard InChI is InChI=1S/C11H9ClO3/c1-15-11(14)7-6-10(13)8-4-2-3-5-9(8)12/h2-7H,1H3/b7-6+. The SMILES string of the molecule is COC(=O)/C=C/C(=O)c1ccccc1Cl. The summed E-state index contributed by atoms with van der Waals surface area (Å²) in [7, 11) is 1.24. The van der Waals surface area contributed by atoms with Crippen LogP contribution in [0.1, 0.15) is 10.4 Å². The van der Waals surface area contributed by atoms with Gasteiger partial charge in [0.1, 0.15) is 0 Å². The zero-order chi connectivity index (χ0) is 11.3. The lowest BCUT2D eigenvalue weighted by Gasteiger charge is -1.97. The zero-order valence-corrected chi connectivity index (χ0v) is 8.82. The van der Waals surface area contributed by atoms with Gasteiger partial charge in [-0.2, -0.15) is 0 Å². The lowest BCUT2D eigenvalue weighted by molar-refractivity contribution is -0.134. The van der Waals surface area contributed by atoms with E-state index in [0.29, 0.717) is 10.6 Å². The van der Waals surface area contributed by atoms with Gasteiger partial charge in [0.15, 0.2) is 5.78 Å². The number of ether oxygens (including phenoxy) is 1. The van der Waals surface area contributed by atoms with E-state index in [2.05, 4.69) is 4.74 Å². The summed E-state index contributed by atoms with van der Waals surface area (Å²) in [5.41, 5.74) is 0.360. The van der Waals surface area contributed by atoms with Crippen molar-refractivity contribution in [2.24, 2.45) is 0 Å². The molecule has 0 N–H and O–H groups in total. The van der Waals surface area contributed by atoms with E-state index in [9.17, 15) is 9.59 Å². The second kappa shape index (κ2) is 5.32. The van der Waals surface area contributed by atoms with Crippen LogP contribution in [0.15, 0.2) is 36.4 Å². The van der Waals surface area contributed by atoms with Gasteiger partial charge in [-0.25, -0.2) is 4.79 Å². The molecule has 3 nitrogen and oxygen atoms in total. The average molecular weight is 225 g/mol. The van der Waals surface area contributed by atoms with Crippen LogP contribution in [-0.2, 0) is 9.53 Å². The summed E-state index contributed by atoms with van der Waals surface area (Å²) >= 11 is 5.80. The third kappa shape index (κ3) is 3.22. The fraction of sp³-hybridized carbons (Fsp3) is 0.0909. The summed E-state index contributed by atoms with van der Waals surface area (Å²) in [6.07, 6.45) is 2.19. The first kappa shape index (κ1) is 11.5. The minimum absolute atomic E-state index is 0.328. The quantitative estimate of drug-likeness (QED) is 0.449. The average Bonchev–Trinajstić information content (AvgIpc) is 2.26. The van der Waals surface area contributed by atoms with Crippen LogP contribution in [0.2, 0.25) is 5.02 Å². The maximum Gasteiger partial charge on any atom is 0.330 e. The van der Waals surface area contributed by atoms with Crippen LogP contribution < -0.4 is 0 Å². The Hall–Kier alpha value is -1.61. The third-order valence-electron chi connectivity index (χ3n) is 1.71. The van der Waals surface area contributed by atoms with Crippen LogP contribution in [0.3, 0.4) is 0 Å². The van der Waals surface area contributed by atoms with Crippen LogP contribution in [0, 0.1) is 0 Å². The van der Waals surface area contributed by atoms with E-state index in [1.165, 1.54) is 7.11 Å². The van der Waals surface area contributed by atoms with Gasteiger partial charge in [-0.15, -0.1) is 0 Å². The van der Waals surface area contributed by atoms with E-state index in [1.807, 2.05) is 0 Å². The number of allylic oxidation sites excluding steroid dienone is 1. The summed E-state index contributed by atoms with van der Waals surface area (Å²) < 4.78 is 4.36. The number of carbonyl (C=O) groups is 2. The topological polar surface area (TPSA) is 43.4 Å². The number of hydrogen-bond donors (Lipinski definition) is 0. The Bertz CT molecular complexity index is 410. The first-order valence-electron chi connectivity index (χ1n) is 4.20. The van der Waals surface area contributed by atoms with Crippen molar-refractivity contribution in [3.63, 3.8) is 0 Å². The van der Waals surface area contributed by atoms with E-state index in [0.717, 1.165) is 12.2 Å². The molecule has 0 spiro atoms. The second-order valence-electron chi connectivity index (χ2n) is 2.70. The second-order valence-corrected chi connectivity index (χ2v) is 3.11.